The van der Waals surface area contributed by atoms with E-state index in [-0.39, 0.29) is 0 Å². The summed E-state index contributed by atoms with van der Waals surface area (Å²) in [5.74, 6) is 0.773. The van der Waals surface area contributed by atoms with E-state index in [0.717, 1.165) is 19.1 Å². The van der Waals surface area contributed by atoms with Crippen molar-refractivity contribution in [1.29, 1.82) is 0 Å². The Labute approximate surface area is 70.3 Å². The zero-order chi connectivity index (χ0) is 8.69. The van der Waals surface area contributed by atoms with Crippen molar-refractivity contribution >= 4 is 0 Å². The van der Waals surface area contributed by atoms with Gasteiger partial charge in [0.25, 0.3) is 0 Å². The van der Waals surface area contributed by atoms with Crippen LogP contribution in [0.4, 0.5) is 0 Å². The summed E-state index contributed by atoms with van der Waals surface area (Å²) >= 11 is 0. The lowest BCUT2D eigenvalue weighted by Gasteiger charge is -2.15. The Hall–Kier alpha value is -0.0800. The highest BCUT2D eigenvalue weighted by Crippen LogP contribution is 1.97. The molecule has 0 fully saturated rings. The van der Waals surface area contributed by atoms with Crippen molar-refractivity contribution in [3.63, 3.8) is 0 Å². The number of methoxy groups -OCH3 is 1. The summed E-state index contributed by atoms with van der Waals surface area (Å²) in [6.45, 7) is 8.52. The lowest BCUT2D eigenvalue weighted by molar-refractivity contribution is 0.170. The second kappa shape index (κ2) is 6.62. The topological polar surface area (TPSA) is 21.3 Å². The molecule has 1 N–H and O–H groups in total. The van der Waals surface area contributed by atoms with Crippen molar-refractivity contribution in [2.75, 3.05) is 20.3 Å². The number of hydrogen-bond donors (Lipinski definition) is 1. The first-order chi connectivity index (χ1) is 5.20. The van der Waals surface area contributed by atoms with Gasteiger partial charge < -0.3 is 10.1 Å². The average Bonchev–Trinajstić information content (AvgIpc) is 2.01. The quantitative estimate of drug-likeness (QED) is 0.636. The zero-order valence-electron chi connectivity index (χ0n) is 8.18. The molecule has 0 rings (SSSR count). The van der Waals surface area contributed by atoms with Gasteiger partial charge >= 0.3 is 0 Å². The molecule has 0 amide bonds. The monoisotopic (exact) mass is 159 g/mol. The van der Waals surface area contributed by atoms with E-state index in [4.69, 9.17) is 4.74 Å². The molecule has 0 bridgehead atoms. The third-order valence-corrected chi connectivity index (χ3v) is 1.93. The first-order valence-electron chi connectivity index (χ1n) is 4.43. The van der Waals surface area contributed by atoms with Crippen molar-refractivity contribution < 1.29 is 4.74 Å². The van der Waals surface area contributed by atoms with Crippen LogP contribution >= 0.6 is 0 Å². The van der Waals surface area contributed by atoms with E-state index in [1.165, 1.54) is 6.42 Å². The predicted molar refractivity (Wildman–Crippen MR) is 48.8 cm³/mol. The summed E-state index contributed by atoms with van der Waals surface area (Å²) in [6, 6.07) is 0.481. The van der Waals surface area contributed by atoms with Crippen LogP contribution in [0.5, 0.6) is 0 Å². The van der Waals surface area contributed by atoms with E-state index in [9.17, 15) is 0 Å². The summed E-state index contributed by atoms with van der Waals surface area (Å²) in [5.41, 5.74) is 0. The molecule has 0 aliphatic rings. The Morgan fingerprint density at radius 1 is 1.36 bits per heavy atom. The summed E-state index contributed by atoms with van der Waals surface area (Å²) in [4.78, 5) is 0. The van der Waals surface area contributed by atoms with E-state index in [2.05, 4.69) is 26.1 Å². The molecular weight excluding hydrogens is 138 g/mol. The second-order valence-corrected chi connectivity index (χ2v) is 3.28. The van der Waals surface area contributed by atoms with Gasteiger partial charge in [-0.3, -0.25) is 0 Å². The predicted octanol–water partition coefficient (Wildman–Crippen LogP) is 1.66. The molecule has 0 spiro atoms. The van der Waals surface area contributed by atoms with Crippen LogP contribution in [0.25, 0.3) is 0 Å². The molecule has 68 valence electrons. The van der Waals surface area contributed by atoms with Crippen LogP contribution in [0.15, 0.2) is 0 Å². The Morgan fingerprint density at radius 2 is 2.00 bits per heavy atom. The number of rotatable bonds is 6. The Kier molecular flexibility index (Phi) is 6.57. The minimum Gasteiger partial charge on any atom is -0.383 e. The molecule has 0 saturated heterocycles. The smallest absolute Gasteiger partial charge is 0.0613 e. The molecule has 2 atom stereocenters. The van der Waals surface area contributed by atoms with Gasteiger partial charge in [0.2, 0.25) is 0 Å². The van der Waals surface area contributed by atoms with Gasteiger partial charge in [0.15, 0.2) is 0 Å². The summed E-state index contributed by atoms with van der Waals surface area (Å²) in [5, 5.41) is 3.41. The van der Waals surface area contributed by atoms with Crippen LogP contribution in [0.3, 0.4) is 0 Å². The Morgan fingerprint density at radius 3 is 2.45 bits per heavy atom. The largest absolute Gasteiger partial charge is 0.383 e. The van der Waals surface area contributed by atoms with E-state index in [0.29, 0.717) is 6.04 Å². The van der Waals surface area contributed by atoms with Crippen molar-refractivity contribution in [3.8, 4) is 0 Å². The Bertz CT molecular complexity index is 85.6. The van der Waals surface area contributed by atoms with E-state index in [1.54, 1.807) is 7.11 Å². The maximum absolute atomic E-state index is 5.01. The zero-order valence-corrected chi connectivity index (χ0v) is 8.18. The number of nitrogens with one attached hydrogen (secondary N) is 1. The maximum atomic E-state index is 5.01. The lowest BCUT2D eigenvalue weighted by Crippen LogP contribution is -2.33. The van der Waals surface area contributed by atoms with Crippen molar-refractivity contribution in [3.05, 3.63) is 0 Å². The fraction of sp³-hybridized carbons (Fsp3) is 1.00. The molecule has 2 heteroatoms. The molecule has 11 heavy (non-hydrogen) atoms. The molecule has 0 aliphatic heterocycles. The summed E-state index contributed by atoms with van der Waals surface area (Å²) < 4.78 is 5.01. The average molecular weight is 159 g/mol. The van der Waals surface area contributed by atoms with Crippen LogP contribution < -0.4 is 5.32 Å². The van der Waals surface area contributed by atoms with Crippen molar-refractivity contribution in [2.24, 2.45) is 5.92 Å². The van der Waals surface area contributed by atoms with Crippen molar-refractivity contribution in [1.82, 2.24) is 5.32 Å². The third-order valence-electron chi connectivity index (χ3n) is 1.93. The first-order valence-corrected chi connectivity index (χ1v) is 4.43. The van der Waals surface area contributed by atoms with Gasteiger partial charge in [0, 0.05) is 13.2 Å². The van der Waals surface area contributed by atoms with Crippen molar-refractivity contribution in [2.45, 2.75) is 33.2 Å². The number of hydrogen-bond acceptors (Lipinski definition) is 2. The minimum atomic E-state index is 0.481. The Balaban J connectivity index is 3.22. The fourth-order valence-electron chi connectivity index (χ4n) is 0.856. The van der Waals surface area contributed by atoms with Gasteiger partial charge in [-0.25, -0.2) is 0 Å². The number of ether oxygens (including phenoxy) is 1. The molecule has 0 aliphatic carbocycles. The van der Waals surface area contributed by atoms with Gasteiger partial charge in [-0.15, -0.1) is 0 Å². The molecule has 2 unspecified atom stereocenters. The molecule has 2 nitrogen and oxygen atoms in total. The van der Waals surface area contributed by atoms with Gasteiger partial charge in [0.05, 0.1) is 6.61 Å². The summed E-state index contributed by atoms with van der Waals surface area (Å²) in [6.07, 6.45) is 1.24. The van der Waals surface area contributed by atoms with Gasteiger partial charge in [0.1, 0.15) is 0 Å². The van der Waals surface area contributed by atoms with Crippen LogP contribution in [0.2, 0.25) is 0 Å². The van der Waals surface area contributed by atoms with Gasteiger partial charge in [-0.1, -0.05) is 20.3 Å². The van der Waals surface area contributed by atoms with Crippen LogP contribution in [-0.4, -0.2) is 26.3 Å². The molecule has 0 saturated carbocycles. The SMILES string of the molecule is CCC(C)CNC(C)COC. The molecule has 0 heterocycles. The van der Waals surface area contributed by atoms with Gasteiger partial charge in [-0.2, -0.15) is 0 Å². The van der Waals surface area contributed by atoms with E-state index < -0.39 is 0 Å². The summed E-state index contributed by atoms with van der Waals surface area (Å²) in [7, 11) is 1.74. The molecule has 0 aromatic heterocycles. The first kappa shape index (κ1) is 10.9. The van der Waals surface area contributed by atoms with E-state index in [1.807, 2.05) is 0 Å². The molecule has 0 aromatic carbocycles. The van der Waals surface area contributed by atoms with Crippen LogP contribution in [0.1, 0.15) is 27.2 Å². The molecule has 0 radical (unpaired) electrons. The van der Waals surface area contributed by atoms with E-state index >= 15 is 0 Å². The maximum Gasteiger partial charge on any atom is 0.0613 e. The molecule has 0 aromatic rings. The van der Waals surface area contributed by atoms with Gasteiger partial charge in [-0.05, 0) is 19.4 Å². The molecular formula is C9H21NO. The lowest BCUT2D eigenvalue weighted by atomic mass is 10.1. The highest BCUT2D eigenvalue weighted by molar-refractivity contribution is 4.61. The highest BCUT2D eigenvalue weighted by Gasteiger charge is 2.02. The van der Waals surface area contributed by atoms with Crippen LogP contribution in [0, 0.1) is 5.92 Å². The minimum absolute atomic E-state index is 0.481. The third kappa shape index (κ3) is 6.32. The fourth-order valence-corrected chi connectivity index (χ4v) is 0.856. The standard InChI is InChI=1S/C9H21NO/c1-5-8(2)6-10-9(3)7-11-4/h8-10H,5-7H2,1-4H3. The highest BCUT2D eigenvalue weighted by atomic mass is 16.5. The normalized spacial score (nSPS) is 16.4. The van der Waals surface area contributed by atoms with Crippen LogP contribution in [-0.2, 0) is 4.74 Å². The second-order valence-electron chi connectivity index (χ2n) is 3.28.